The van der Waals surface area contributed by atoms with Gasteiger partial charge in [0, 0.05) is 28.8 Å². The summed E-state index contributed by atoms with van der Waals surface area (Å²) in [4.78, 5) is 27.3. The van der Waals surface area contributed by atoms with Gasteiger partial charge in [-0.2, -0.15) is 4.68 Å². The van der Waals surface area contributed by atoms with Crippen LogP contribution in [0.4, 0.5) is 5.69 Å². The molecule has 3 N–H and O–H groups in total. The number of nitrogens with zero attached hydrogens (tertiary/aromatic N) is 2. The maximum atomic E-state index is 11.7. The third-order valence-electron chi connectivity index (χ3n) is 2.71. The van der Waals surface area contributed by atoms with Gasteiger partial charge in [0.1, 0.15) is 0 Å². The monoisotopic (exact) mass is 286 g/mol. The number of benzene rings is 1. The molecule has 100 valence electrons. The van der Waals surface area contributed by atoms with Gasteiger partial charge in [0.2, 0.25) is 5.13 Å². The first-order valence-corrected chi connectivity index (χ1v) is 6.66. The second kappa shape index (κ2) is 4.78. The Morgan fingerprint density at radius 2 is 1.85 bits per heavy atom. The number of hydrogen-bond acceptors (Lipinski definition) is 5. The molecule has 7 heteroatoms. The Morgan fingerprint density at radius 1 is 1.10 bits per heavy atom. The normalized spacial score (nSPS) is 10.6. The fraction of sp³-hybridized carbons (Fsp3) is 0. The van der Waals surface area contributed by atoms with Crippen LogP contribution in [-0.2, 0) is 0 Å². The third-order valence-corrected chi connectivity index (χ3v) is 3.54. The fourth-order valence-electron chi connectivity index (χ4n) is 1.72. The summed E-state index contributed by atoms with van der Waals surface area (Å²) in [6.45, 7) is 0. The molecule has 0 saturated heterocycles. The highest BCUT2D eigenvalue weighted by atomic mass is 32.1. The number of anilines is 1. The number of aromatic amines is 1. The SMILES string of the molecule is Nc1ccc(-c2csc(-n3[nH]c(=O)ccc3=O)n2)cc1. The minimum atomic E-state index is -0.353. The molecule has 0 aliphatic carbocycles. The number of nitrogens with two attached hydrogens (primary N) is 1. The molecule has 0 spiro atoms. The van der Waals surface area contributed by atoms with E-state index in [2.05, 4.69) is 10.1 Å². The third kappa shape index (κ3) is 2.26. The topological polar surface area (TPSA) is 93.8 Å². The van der Waals surface area contributed by atoms with Gasteiger partial charge in [-0.1, -0.05) is 12.1 Å². The quantitative estimate of drug-likeness (QED) is 0.693. The van der Waals surface area contributed by atoms with E-state index in [1.54, 1.807) is 12.1 Å². The van der Waals surface area contributed by atoms with Gasteiger partial charge < -0.3 is 5.73 Å². The van der Waals surface area contributed by atoms with Crippen molar-refractivity contribution in [2.45, 2.75) is 0 Å². The zero-order chi connectivity index (χ0) is 14.1. The molecule has 0 aliphatic rings. The summed E-state index contributed by atoms with van der Waals surface area (Å²) in [6.07, 6.45) is 0. The molecule has 1 aromatic carbocycles. The van der Waals surface area contributed by atoms with Gasteiger partial charge in [-0.25, -0.2) is 4.98 Å². The van der Waals surface area contributed by atoms with E-state index in [-0.39, 0.29) is 11.1 Å². The molecule has 20 heavy (non-hydrogen) atoms. The van der Waals surface area contributed by atoms with E-state index in [0.29, 0.717) is 10.8 Å². The highest BCUT2D eigenvalue weighted by molar-refractivity contribution is 7.12. The maximum Gasteiger partial charge on any atom is 0.272 e. The van der Waals surface area contributed by atoms with E-state index >= 15 is 0 Å². The van der Waals surface area contributed by atoms with E-state index < -0.39 is 0 Å². The summed E-state index contributed by atoms with van der Waals surface area (Å²) in [7, 11) is 0. The van der Waals surface area contributed by atoms with Crippen LogP contribution in [0.3, 0.4) is 0 Å². The Balaban J connectivity index is 2.06. The van der Waals surface area contributed by atoms with Crippen molar-refractivity contribution < 1.29 is 0 Å². The summed E-state index contributed by atoms with van der Waals surface area (Å²) >= 11 is 1.28. The van der Waals surface area contributed by atoms with E-state index in [9.17, 15) is 9.59 Å². The van der Waals surface area contributed by atoms with Gasteiger partial charge in [-0.05, 0) is 12.1 Å². The molecule has 6 nitrogen and oxygen atoms in total. The van der Waals surface area contributed by atoms with E-state index in [1.807, 2.05) is 17.5 Å². The summed E-state index contributed by atoms with van der Waals surface area (Å²) in [5, 5.41) is 4.68. The molecule has 0 radical (unpaired) electrons. The lowest BCUT2D eigenvalue weighted by atomic mass is 10.1. The molecule has 0 fully saturated rings. The summed E-state index contributed by atoms with van der Waals surface area (Å²) in [5.41, 5.74) is 7.24. The lowest BCUT2D eigenvalue weighted by molar-refractivity contribution is 0.780. The highest BCUT2D eigenvalue weighted by Crippen LogP contribution is 2.23. The number of thiazole rings is 1. The first-order valence-electron chi connectivity index (χ1n) is 5.78. The van der Waals surface area contributed by atoms with Crippen molar-refractivity contribution in [1.82, 2.24) is 14.8 Å². The summed E-state index contributed by atoms with van der Waals surface area (Å²) in [6, 6.07) is 9.67. The number of nitrogens with one attached hydrogen (secondary N) is 1. The van der Waals surface area contributed by atoms with Crippen molar-refractivity contribution >= 4 is 17.0 Å². The minimum absolute atomic E-state index is 0.331. The van der Waals surface area contributed by atoms with Gasteiger partial charge in [-0.15, -0.1) is 11.3 Å². The molecule has 0 bridgehead atoms. The molecule has 3 aromatic rings. The molecule has 0 atom stereocenters. The highest BCUT2D eigenvalue weighted by Gasteiger charge is 2.08. The summed E-state index contributed by atoms with van der Waals surface area (Å²) in [5.74, 6) is 0. The minimum Gasteiger partial charge on any atom is -0.399 e. The van der Waals surface area contributed by atoms with Crippen LogP contribution in [-0.4, -0.2) is 14.8 Å². The lowest BCUT2D eigenvalue weighted by Crippen LogP contribution is -2.26. The van der Waals surface area contributed by atoms with Crippen LogP contribution in [0.5, 0.6) is 0 Å². The molecular formula is C13H10N4O2S. The van der Waals surface area contributed by atoms with Crippen molar-refractivity contribution in [2.24, 2.45) is 0 Å². The average molecular weight is 286 g/mol. The van der Waals surface area contributed by atoms with E-state index in [1.165, 1.54) is 23.5 Å². The Kier molecular flexibility index (Phi) is 2.96. The Bertz CT molecular complexity index is 861. The van der Waals surface area contributed by atoms with Gasteiger partial charge in [-0.3, -0.25) is 14.7 Å². The molecule has 0 unspecified atom stereocenters. The average Bonchev–Trinajstić information content (AvgIpc) is 2.92. The number of nitrogen functional groups attached to an aromatic ring is 1. The predicted molar refractivity (Wildman–Crippen MR) is 78.2 cm³/mol. The van der Waals surface area contributed by atoms with E-state index in [0.717, 1.165) is 15.9 Å². The van der Waals surface area contributed by atoms with Crippen LogP contribution in [0.25, 0.3) is 16.4 Å². The smallest absolute Gasteiger partial charge is 0.272 e. The second-order valence-electron chi connectivity index (χ2n) is 4.12. The van der Waals surface area contributed by atoms with Gasteiger partial charge in [0.15, 0.2) is 0 Å². The molecular weight excluding hydrogens is 276 g/mol. The zero-order valence-electron chi connectivity index (χ0n) is 10.2. The van der Waals surface area contributed by atoms with Crippen LogP contribution in [0.2, 0.25) is 0 Å². The fourth-order valence-corrected chi connectivity index (χ4v) is 2.52. The first kappa shape index (κ1) is 12.4. The molecule has 0 amide bonds. The lowest BCUT2D eigenvalue weighted by Gasteiger charge is -1.99. The van der Waals surface area contributed by atoms with Gasteiger partial charge >= 0.3 is 0 Å². The molecule has 0 aliphatic heterocycles. The number of H-pyrrole nitrogens is 1. The van der Waals surface area contributed by atoms with Crippen LogP contribution in [0.15, 0.2) is 51.4 Å². The van der Waals surface area contributed by atoms with Crippen LogP contribution in [0.1, 0.15) is 0 Å². The molecule has 2 heterocycles. The van der Waals surface area contributed by atoms with Crippen LogP contribution in [0, 0.1) is 0 Å². The van der Waals surface area contributed by atoms with Crippen molar-refractivity contribution in [3.05, 3.63) is 62.5 Å². The first-order chi connectivity index (χ1) is 9.63. The number of hydrogen-bond donors (Lipinski definition) is 2. The largest absolute Gasteiger partial charge is 0.399 e. The Labute approximate surface area is 117 Å². The molecule has 0 saturated carbocycles. The van der Waals surface area contributed by atoms with Gasteiger partial charge in [0.05, 0.1) is 5.69 Å². The van der Waals surface area contributed by atoms with E-state index in [4.69, 9.17) is 5.73 Å². The van der Waals surface area contributed by atoms with Crippen LogP contribution >= 0.6 is 11.3 Å². The predicted octanol–water partition coefficient (Wildman–Crippen LogP) is 1.23. The second-order valence-corrected chi connectivity index (χ2v) is 4.96. The summed E-state index contributed by atoms with van der Waals surface area (Å²) < 4.78 is 1.13. The van der Waals surface area contributed by atoms with Gasteiger partial charge in [0.25, 0.3) is 11.1 Å². The maximum absolute atomic E-state index is 11.7. The van der Waals surface area contributed by atoms with Crippen molar-refractivity contribution in [3.63, 3.8) is 0 Å². The zero-order valence-corrected chi connectivity index (χ0v) is 11.1. The van der Waals surface area contributed by atoms with Crippen molar-refractivity contribution in [2.75, 3.05) is 5.73 Å². The number of aromatic nitrogens is 3. The van der Waals surface area contributed by atoms with Crippen molar-refractivity contribution in [3.8, 4) is 16.4 Å². The molecule has 2 aromatic heterocycles. The standard InChI is InChI=1S/C13H10N4O2S/c14-9-3-1-8(2-4-9)10-7-20-13(15-10)17-12(19)6-5-11(18)16-17/h1-7H,14H2,(H,16,18). The van der Waals surface area contributed by atoms with Crippen molar-refractivity contribution in [1.29, 1.82) is 0 Å². The number of rotatable bonds is 2. The Morgan fingerprint density at radius 3 is 2.60 bits per heavy atom. The molecule has 3 rings (SSSR count). The van der Waals surface area contributed by atoms with Crippen LogP contribution < -0.4 is 16.9 Å². The Hall–Kier alpha value is -2.67.